The van der Waals surface area contributed by atoms with Crippen LogP contribution in [0.15, 0.2) is 22.5 Å². The van der Waals surface area contributed by atoms with Crippen molar-refractivity contribution in [2.75, 3.05) is 0 Å². The number of hydrogen-bond acceptors (Lipinski definition) is 2. The van der Waals surface area contributed by atoms with Crippen LogP contribution in [0.1, 0.15) is 36.6 Å². The van der Waals surface area contributed by atoms with Gasteiger partial charge in [0.2, 0.25) is 0 Å². The van der Waals surface area contributed by atoms with E-state index in [1.807, 2.05) is 11.3 Å². The molecule has 0 spiro atoms. The number of thiophene rings is 1. The van der Waals surface area contributed by atoms with Crippen LogP contribution in [0.4, 0.5) is 0 Å². The fourth-order valence-electron chi connectivity index (χ4n) is 1.55. The van der Waals surface area contributed by atoms with Crippen molar-refractivity contribution in [3.8, 4) is 0 Å². The van der Waals surface area contributed by atoms with Gasteiger partial charge in [-0.05, 0) is 36.9 Å². The molecule has 0 aromatic carbocycles. The zero-order valence-corrected chi connectivity index (χ0v) is 7.89. The molecule has 0 amide bonds. The van der Waals surface area contributed by atoms with Crippen molar-refractivity contribution in [2.45, 2.75) is 31.7 Å². The number of rotatable bonds is 1. The first-order valence-electron chi connectivity index (χ1n) is 4.52. The minimum absolute atomic E-state index is 0.465. The number of nitrogens with zero attached hydrogens (tertiary/aromatic N) is 1. The summed E-state index contributed by atoms with van der Waals surface area (Å²) in [6, 6.07) is 4.77. The van der Waals surface area contributed by atoms with Crippen LogP contribution in [0.5, 0.6) is 0 Å². The molecule has 0 saturated carbocycles. The Morgan fingerprint density at radius 1 is 1.42 bits per heavy atom. The van der Waals surface area contributed by atoms with Gasteiger partial charge in [0.25, 0.3) is 0 Å². The molecule has 0 N–H and O–H groups in total. The predicted molar refractivity (Wildman–Crippen MR) is 54.0 cm³/mol. The molecule has 12 heavy (non-hydrogen) atoms. The summed E-state index contributed by atoms with van der Waals surface area (Å²) >= 11 is 1.82. The molecule has 0 saturated heterocycles. The molecule has 64 valence electrons. The molecule has 1 aromatic rings. The van der Waals surface area contributed by atoms with Crippen LogP contribution in [-0.2, 0) is 0 Å². The maximum absolute atomic E-state index is 4.55. The molecule has 1 aromatic heterocycles. The molecular formula is C10H13NS. The van der Waals surface area contributed by atoms with Gasteiger partial charge in [0, 0.05) is 4.88 Å². The van der Waals surface area contributed by atoms with Crippen LogP contribution >= 0.6 is 11.3 Å². The minimum Gasteiger partial charge on any atom is -0.289 e. The van der Waals surface area contributed by atoms with Gasteiger partial charge < -0.3 is 0 Å². The normalized spacial score (nSPS) is 23.8. The van der Waals surface area contributed by atoms with Gasteiger partial charge in [0.1, 0.15) is 0 Å². The number of hydrogen-bond donors (Lipinski definition) is 0. The van der Waals surface area contributed by atoms with Crippen molar-refractivity contribution in [3.63, 3.8) is 0 Å². The molecule has 2 rings (SSSR count). The van der Waals surface area contributed by atoms with E-state index in [0.717, 1.165) is 0 Å². The Morgan fingerprint density at radius 2 is 2.42 bits per heavy atom. The van der Waals surface area contributed by atoms with E-state index in [1.54, 1.807) is 0 Å². The molecular weight excluding hydrogens is 166 g/mol. The van der Waals surface area contributed by atoms with Gasteiger partial charge in [-0.2, -0.15) is 0 Å². The van der Waals surface area contributed by atoms with Crippen LogP contribution in [0.2, 0.25) is 0 Å². The molecule has 1 nitrogen and oxygen atoms in total. The second-order valence-corrected chi connectivity index (χ2v) is 4.13. The molecule has 0 bridgehead atoms. The Hall–Kier alpha value is -0.630. The molecule has 2 heteroatoms. The second-order valence-electron chi connectivity index (χ2n) is 3.15. The lowest BCUT2D eigenvalue weighted by atomic mass is 10.1. The van der Waals surface area contributed by atoms with E-state index in [1.165, 1.54) is 30.6 Å². The standard InChI is InChI=1S/C10H13NS/c1-2-5-9(11-7-3-1)10-6-4-8-12-10/h4,6-9H,1-3,5H2. The summed E-state index contributed by atoms with van der Waals surface area (Å²) < 4.78 is 0. The highest BCUT2D eigenvalue weighted by atomic mass is 32.1. The summed E-state index contributed by atoms with van der Waals surface area (Å²) in [6.07, 6.45) is 7.13. The number of aliphatic imine (C=N–C) groups is 1. The van der Waals surface area contributed by atoms with E-state index in [2.05, 4.69) is 28.7 Å². The lowest BCUT2D eigenvalue weighted by molar-refractivity contribution is 0.626. The Morgan fingerprint density at radius 3 is 3.25 bits per heavy atom. The van der Waals surface area contributed by atoms with E-state index in [-0.39, 0.29) is 0 Å². The van der Waals surface area contributed by atoms with Gasteiger partial charge >= 0.3 is 0 Å². The van der Waals surface area contributed by atoms with Crippen molar-refractivity contribution in [1.29, 1.82) is 0 Å². The Balaban J connectivity index is 2.12. The maximum atomic E-state index is 4.55. The average molecular weight is 179 g/mol. The first-order chi connectivity index (χ1) is 5.97. The Labute approximate surface area is 77.2 Å². The molecule has 0 aliphatic carbocycles. The summed E-state index contributed by atoms with van der Waals surface area (Å²) in [5.41, 5.74) is 0. The third kappa shape index (κ3) is 1.75. The van der Waals surface area contributed by atoms with E-state index < -0.39 is 0 Å². The third-order valence-corrected chi connectivity index (χ3v) is 3.19. The van der Waals surface area contributed by atoms with Crippen LogP contribution < -0.4 is 0 Å². The topological polar surface area (TPSA) is 12.4 Å². The quantitative estimate of drug-likeness (QED) is 0.626. The molecule has 0 fully saturated rings. The van der Waals surface area contributed by atoms with Gasteiger partial charge in [-0.15, -0.1) is 11.3 Å². The zero-order chi connectivity index (χ0) is 8.23. The average Bonchev–Trinajstić information content (AvgIpc) is 2.48. The van der Waals surface area contributed by atoms with Gasteiger partial charge in [-0.25, -0.2) is 0 Å². The molecule has 0 radical (unpaired) electrons. The summed E-state index contributed by atoms with van der Waals surface area (Å²) in [6.45, 7) is 0. The maximum Gasteiger partial charge on any atom is 0.0837 e. The smallest absolute Gasteiger partial charge is 0.0837 e. The predicted octanol–water partition coefficient (Wildman–Crippen LogP) is 3.43. The summed E-state index contributed by atoms with van der Waals surface area (Å²) in [5, 5.41) is 2.13. The van der Waals surface area contributed by atoms with Gasteiger partial charge in [-0.1, -0.05) is 12.5 Å². The summed E-state index contributed by atoms with van der Waals surface area (Å²) in [5.74, 6) is 0. The van der Waals surface area contributed by atoms with Crippen molar-refractivity contribution in [1.82, 2.24) is 0 Å². The monoisotopic (exact) mass is 179 g/mol. The largest absolute Gasteiger partial charge is 0.289 e. The van der Waals surface area contributed by atoms with E-state index in [9.17, 15) is 0 Å². The first kappa shape index (κ1) is 7.99. The van der Waals surface area contributed by atoms with E-state index >= 15 is 0 Å². The van der Waals surface area contributed by atoms with Gasteiger partial charge in [0.05, 0.1) is 6.04 Å². The van der Waals surface area contributed by atoms with Crippen molar-refractivity contribution >= 4 is 17.6 Å². The highest BCUT2D eigenvalue weighted by molar-refractivity contribution is 7.10. The van der Waals surface area contributed by atoms with Gasteiger partial charge in [-0.3, -0.25) is 4.99 Å². The van der Waals surface area contributed by atoms with Crippen LogP contribution in [-0.4, -0.2) is 6.21 Å². The summed E-state index contributed by atoms with van der Waals surface area (Å²) in [4.78, 5) is 5.98. The van der Waals surface area contributed by atoms with Crippen molar-refractivity contribution in [3.05, 3.63) is 22.4 Å². The first-order valence-corrected chi connectivity index (χ1v) is 5.40. The van der Waals surface area contributed by atoms with Crippen LogP contribution in [0, 0.1) is 0 Å². The highest BCUT2D eigenvalue weighted by Gasteiger charge is 2.11. The SMILES string of the molecule is C1=NC(c2cccs2)CCCC1. The Bertz CT molecular complexity index is 251. The Kier molecular flexibility index (Phi) is 2.57. The summed E-state index contributed by atoms with van der Waals surface area (Å²) in [7, 11) is 0. The highest BCUT2D eigenvalue weighted by Crippen LogP contribution is 2.28. The van der Waals surface area contributed by atoms with Crippen LogP contribution in [0.3, 0.4) is 0 Å². The molecule has 1 atom stereocenters. The minimum atomic E-state index is 0.465. The van der Waals surface area contributed by atoms with Gasteiger partial charge in [0.15, 0.2) is 0 Å². The molecule has 1 unspecified atom stereocenters. The van der Waals surface area contributed by atoms with E-state index in [4.69, 9.17) is 0 Å². The van der Waals surface area contributed by atoms with Crippen LogP contribution in [0.25, 0.3) is 0 Å². The molecule has 2 heterocycles. The molecule has 1 aliphatic rings. The van der Waals surface area contributed by atoms with Crippen molar-refractivity contribution in [2.24, 2.45) is 4.99 Å². The zero-order valence-electron chi connectivity index (χ0n) is 7.07. The van der Waals surface area contributed by atoms with Crippen molar-refractivity contribution < 1.29 is 0 Å². The fourth-order valence-corrected chi connectivity index (χ4v) is 2.35. The third-order valence-electron chi connectivity index (χ3n) is 2.22. The molecule has 1 aliphatic heterocycles. The lowest BCUT2D eigenvalue weighted by Gasteiger charge is -2.06. The fraction of sp³-hybridized carbons (Fsp3) is 0.500. The second kappa shape index (κ2) is 3.85. The van der Waals surface area contributed by atoms with E-state index in [0.29, 0.717) is 6.04 Å². The lowest BCUT2D eigenvalue weighted by Crippen LogP contribution is -1.89.